The molecule has 8 rings (SSSR count). The number of aliphatic hydroxyl groups is 2. The van der Waals surface area contributed by atoms with E-state index in [1.54, 1.807) is 49.1 Å². The molecule has 18 nitrogen and oxygen atoms in total. The second-order valence-corrected chi connectivity index (χ2v) is 14.9. The molecule has 2 aromatic carbocycles. The Morgan fingerprint density at radius 3 is 1.42 bits per heavy atom. The number of aryl methyl sites for hydroxylation is 2. The molecule has 18 heteroatoms. The summed E-state index contributed by atoms with van der Waals surface area (Å²) in [6, 6.07) is 10.5. The van der Waals surface area contributed by atoms with Crippen molar-refractivity contribution in [1.29, 1.82) is 0 Å². The van der Waals surface area contributed by atoms with Gasteiger partial charge in [-0.25, -0.2) is 19.0 Å². The minimum atomic E-state index is -0.604. The largest absolute Gasteiger partial charge is 0.485 e. The van der Waals surface area contributed by atoms with Crippen LogP contribution in [0.5, 0.6) is 11.5 Å². The molecule has 6 heterocycles. The highest BCUT2D eigenvalue weighted by Gasteiger charge is 2.33. The third-order valence-corrected chi connectivity index (χ3v) is 10.1. The van der Waals surface area contributed by atoms with Crippen LogP contribution < -0.4 is 31.6 Å². The predicted octanol–water partition coefficient (Wildman–Crippen LogP) is 5.37. The van der Waals surface area contributed by atoms with Gasteiger partial charge in [0.05, 0.1) is 48.4 Å². The van der Waals surface area contributed by atoms with Gasteiger partial charge in [-0.1, -0.05) is 0 Å². The first kappa shape index (κ1) is 46.7. The van der Waals surface area contributed by atoms with Crippen molar-refractivity contribution in [2.24, 2.45) is 0 Å². The highest BCUT2D eigenvalue weighted by molar-refractivity contribution is 6.10. The topological polar surface area (TPSA) is 248 Å². The Hall–Kier alpha value is -6.34. The Morgan fingerprint density at radius 1 is 0.694 bits per heavy atom. The fourth-order valence-corrected chi connectivity index (χ4v) is 6.49. The summed E-state index contributed by atoms with van der Waals surface area (Å²) >= 11 is 0. The van der Waals surface area contributed by atoms with Gasteiger partial charge in [-0.3, -0.25) is 9.59 Å². The van der Waals surface area contributed by atoms with Gasteiger partial charge < -0.3 is 51.3 Å². The number of hydrogen-bond donors (Lipinski definition) is 6. The summed E-state index contributed by atoms with van der Waals surface area (Å²) in [5.41, 5.74) is 16.4. The number of fused-ring (bicyclic) bond motifs is 4. The zero-order chi connectivity index (χ0) is 44.9. The number of nitrogen functional groups attached to an aromatic ring is 2. The van der Waals surface area contributed by atoms with Crippen LogP contribution in [0.4, 0.5) is 22.7 Å². The lowest BCUT2D eigenvalue weighted by molar-refractivity contribution is 0.00811. The summed E-state index contributed by atoms with van der Waals surface area (Å²) in [4.78, 5) is 33.6. The van der Waals surface area contributed by atoms with Crippen molar-refractivity contribution in [1.82, 2.24) is 29.2 Å². The van der Waals surface area contributed by atoms with E-state index in [4.69, 9.17) is 30.4 Å². The Kier molecular flexibility index (Phi) is 16.2. The van der Waals surface area contributed by atoms with Crippen molar-refractivity contribution in [3.05, 3.63) is 95.8 Å². The summed E-state index contributed by atoms with van der Waals surface area (Å²) in [5, 5.41) is 32.9. The molecule has 0 radical (unpaired) electrons. The molecule has 0 saturated heterocycles. The maximum absolute atomic E-state index is 12.6. The number of anilines is 4. The molecular formula is C44H58N10O8. The number of rotatable bonds is 10. The number of ether oxygens (including phenoxy) is 4. The van der Waals surface area contributed by atoms with Gasteiger partial charge in [-0.05, 0) is 103 Å². The van der Waals surface area contributed by atoms with Crippen molar-refractivity contribution in [3.8, 4) is 11.5 Å². The molecule has 62 heavy (non-hydrogen) atoms. The van der Waals surface area contributed by atoms with Gasteiger partial charge in [0.25, 0.3) is 11.8 Å². The summed E-state index contributed by atoms with van der Waals surface area (Å²) in [6.07, 6.45) is 12.4. The molecule has 2 atom stereocenters. The average Bonchev–Trinajstić information content (AvgIpc) is 3.91. The molecule has 2 aliphatic heterocycles. The van der Waals surface area contributed by atoms with Crippen molar-refractivity contribution >= 4 is 45.9 Å². The third kappa shape index (κ3) is 11.5. The molecule has 0 fully saturated rings. The van der Waals surface area contributed by atoms with Crippen LogP contribution in [0.2, 0.25) is 0 Å². The van der Waals surface area contributed by atoms with Crippen LogP contribution in [0.25, 0.3) is 11.3 Å². The lowest BCUT2D eigenvalue weighted by Crippen LogP contribution is -2.40. The minimum Gasteiger partial charge on any atom is -0.485 e. The first-order valence-corrected chi connectivity index (χ1v) is 20.6. The predicted molar refractivity (Wildman–Crippen MR) is 237 cm³/mol. The van der Waals surface area contributed by atoms with E-state index in [0.717, 1.165) is 50.4 Å². The normalized spacial score (nSPS) is 17.3. The van der Waals surface area contributed by atoms with E-state index in [1.165, 1.54) is 21.4 Å². The molecule has 0 unspecified atom stereocenters. The second-order valence-electron chi connectivity index (χ2n) is 14.9. The van der Waals surface area contributed by atoms with Crippen LogP contribution >= 0.6 is 0 Å². The molecule has 0 bridgehead atoms. The van der Waals surface area contributed by atoms with E-state index < -0.39 is 11.2 Å². The zero-order valence-corrected chi connectivity index (χ0v) is 36.2. The SMILES string of the molecule is CCOCC.CCOCC.C[C@@]1(CO)CCc2cc(NC(=O)c3cnn4cccnc34)c(N)cc2O1.C[C@]1(CO)CCc2cc(NC(=O)c3cnn4cccnc34)c(N)cc2O1. The Balaban J connectivity index is 0.000000193. The van der Waals surface area contributed by atoms with Gasteiger partial charge in [-0.2, -0.15) is 10.2 Å². The Morgan fingerprint density at radius 2 is 1.08 bits per heavy atom. The highest BCUT2D eigenvalue weighted by atomic mass is 16.5. The van der Waals surface area contributed by atoms with E-state index in [9.17, 15) is 19.8 Å². The van der Waals surface area contributed by atoms with Crippen molar-refractivity contribution in [3.63, 3.8) is 0 Å². The Labute approximate surface area is 360 Å². The molecule has 0 aliphatic carbocycles. The molecule has 0 spiro atoms. The van der Waals surface area contributed by atoms with Gasteiger partial charge in [0.15, 0.2) is 11.3 Å². The highest BCUT2D eigenvalue weighted by Crippen LogP contribution is 2.39. The zero-order valence-electron chi connectivity index (χ0n) is 36.2. The van der Waals surface area contributed by atoms with Crippen LogP contribution in [0.3, 0.4) is 0 Å². The maximum Gasteiger partial charge on any atom is 0.261 e. The van der Waals surface area contributed by atoms with Crippen LogP contribution in [0.15, 0.2) is 73.6 Å². The fraction of sp³-hybridized carbons (Fsp3) is 0.409. The van der Waals surface area contributed by atoms with Crippen LogP contribution in [-0.4, -0.2) is 102 Å². The quantitative estimate of drug-likeness (QED) is 0.0950. The third-order valence-electron chi connectivity index (χ3n) is 10.1. The van der Waals surface area contributed by atoms with Crippen molar-refractivity contribution in [2.45, 2.75) is 78.4 Å². The molecule has 0 saturated carbocycles. The number of carbonyl (C=O) groups excluding carboxylic acids is 2. The molecule has 332 valence electrons. The lowest BCUT2D eigenvalue weighted by atomic mass is 9.93. The summed E-state index contributed by atoms with van der Waals surface area (Å²) < 4.78 is 24.5. The van der Waals surface area contributed by atoms with Crippen LogP contribution in [0.1, 0.15) is 86.2 Å². The number of benzene rings is 2. The number of aromatic nitrogens is 6. The molecule has 2 amide bonds. The molecule has 8 N–H and O–H groups in total. The standard InChI is InChI=1S/2C18H19N5O3.2C4H10O/c2*1-18(10-24)4-3-11-7-14(13(19)8-15(11)26-18)22-17(25)12-9-21-23-6-2-5-20-16(12)23;2*1-3-5-4-2/h2*2,5-9,24H,3-4,10,19H2,1H3,(H,22,25);2*3-4H2,1-2H3/t2*18-;;/m10../s1. The number of hydrogen-bond acceptors (Lipinski definition) is 14. The molecule has 2 aliphatic rings. The van der Waals surface area contributed by atoms with Gasteiger partial charge in [0.1, 0.15) is 33.8 Å². The van der Waals surface area contributed by atoms with E-state index in [-0.39, 0.29) is 25.0 Å². The number of aliphatic hydroxyl groups excluding tert-OH is 2. The van der Waals surface area contributed by atoms with Gasteiger partial charge in [-0.15, -0.1) is 0 Å². The van der Waals surface area contributed by atoms with E-state index >= 15 is 0 Å². The second kappa shape index (κ2) is 21.4. The lowest BCUT2D eigenvalue weighted by Gasteiger charge is -2.34. The number of amides is 2. The fourth-order valence-electron chi connectivity index (χ4n) is 6.49. The number of carbonyl (C=O) groups is 2. The first-order valence-electron chi connectivity index (χ1n) is 20.6. The van der Waals surface area contributed by atoms with E-state index in [1.807, 2.05) is 53.7 Å². The first-order chi connectivity index (χ1) is 29.8. The van der Waals surface area contributed by atoms with Crippen molar-refractivity contribution < 1.29 is 38.7 Å². The summed E-state index contributed by atoms with van der Waals surface area (Å²) in [5.74, 6) is 0.617. The summed E-state index contributed by atoms with van der Waals surface area (Å²) in [6.45, 7) is 14.9. The number of nitrogens with zero attached hydrogens (tertiary/aromatic N) is 6. The smallest absolute Gasteiger partial charge is 0.261 e. The van der Waals surface area contributed by atoms with E-state index in [0.29, 0.717) is 69.5 Å². The maximum atomic E-state index is 12.6. The summed E-state index contributed by atoms with van der Waals surface area (Å²) in [7, 11) is 0. The monoisotopic (exact) mass is 854 g/mol. The molecule has 6 aromatic rings. The molecule has 4 aromatic heterocycles. The minimum absolute atomic E-state index is 0.0629. The van der Waals surface area contributed by atoms with Gasteiger partial charge in [0.2, 0.25) is 0 Å². The van der Waals surface area contributed by atoms with Gasteiger partial charge in [0, 0.05) is 63.3 Å². The van der Waals surface area contributed by atoms with E-state index in [2.05, 4.69) is 30.8 Å². The van der Waals surface area contributed by atoms with Crippen LogP contribution in [-0.2, 0) is 22.3 Å². The van der Waals surface area contributed by atoms with Crippen molar-refractivity contribution in [2.75, 3.05) is 61.7 Å². The number of nitrogens with two attached hydrogens (primary N) is 2. The Bertz CT molecular complexity index is 2270. The molecular weight excluding hydrogens is 797 g/mol. The van der Waals surface area contributed by atoms with Crippen LogP contribution in [0, 0.1) is 0 Å². The van der Waals surface area contributed by atoms with Gasteiger partial charge >= 0.3 is 0 Å². The average molecular weight is 855 g/mol. The number of nitrogens with one attached hydrogen (secondary N) is 2.